The molecule has 0 bridgehead atoms. The molecule has 1 aromatic heterocycles. The van der Waals surface area contributed by atoms with Crippen LogP contribution in [0.3, 0.4) is 0 Å². The van der Waals surface area contributed by atoms with Crippen molar-refractivity contribution in [1.29, 1.82) is 0 Å². The molecule has 1 amide bonds. The fourth-order valence-corrected chi connectivity index (χ4v) is 2.75. The van der Waals surface area contributed by atoms with Gasteiger partial charge in [-0.15, -0.1) is 0 Å². The number of anilines is 2. The number of hydrogen-bond acceptors (Lipinski definition) is 5. The fraction of sp³-hybridized carbons (Fsp3) is 0.182. The van der Waals surface area contributed by atoms with Crippen LogP contribution in [-0.4, -0.2) is 25.1 Å². The Morgan fingerprint density at radius 2 is 1.79 bits per heavy atom. The van der Waals surface area contributed by atoms with Crippen LogP contribution in [0.15, 0.2) is 60.8 Å². The van der Waals surface area contributed by atoms with E-state index in [-0.39, 0.29) is 5.91 Å². The van der Waals surface area contributed by atoms with Crippen molar-refractivity contribution >= 4 is 17.4 Å². The van der Waals surface area contributed by atoms with Crippen molar-refractivity contribution in [3.05, 3.63) is 77.5 Å². The van der Waals surface area contributed by atoms with Crippen molar-refractivity contribution in [2.24, 2.45) is 0 Å². The smallest absolute Gasteiger partial charge is 0.255 e. The van der Waals surface area contributed by atoms with E-state index in [9.17, 15) is 4.79 Å². The lowest BCUT2D eigenvalue weighted by atomic mass is 10.1. The number of rotatable bonds is 7. The lowest BCUT2D eigenvalue weighted by Gasteiger charge is -2.11. The molecule has 6 heteroatoms. The zero-order valence-corrected chi connectivity index (χ0v) is 16.2. The van der Waals surface area contributed by atoms with E-state index < -0.39 is 0 Å². The molecule has 1 heterocycles. The van der Waals surface area contributed by atoms with E-state index in [1.54, 1.807) is 31.5 Å². The van der Waals surface area contributed by atoms with E-state index in [4.69, 9.17) is 9.47 Å². The summed E-state index contributed by atoms with van der Waals surface area (Å²) < 4.78 is 10.4. The lowest BCUT2D eigenvalue weighted by Crippen LogP contribution is -2.12. The van der Waals surface area contributed by atoms with Gasteiger partial charge in [0.1, 0.15) is 5.82 Å². The monoisotopic (exact) mass is 377 g/mol. The van der Waals surface area contributed by atoms with Gasteiger partial charge in [-0.2, -0.15) is 0 Å². The van der Waals surface area contributed by atoms with Gasteiger partial charge in [0.15, 0.2) is 11.5 Å². The van der Waals surface area contributed by atoms with Gasteiger partial charge in [0.25, 0.3) is 5.91 Å². The zero-order valence-electron chi connectivity index (χ0n) is 16.2. The largest absolute Gasteiger partial charge is 0.493 e. The summed E-state index contributed by atoms with van der Waals surface area (Å²) >= 11 is 0. The highest BCUT2D eigenvalue weighted by Gasteiger charge is 2.11. The van der Waals surface area contributed by atoms with Crippen LogP contribution in [0, 0.1) is 6.92 Å². The number of ether oxygens (including phenoxy) is 2. The van der Waals surface area contributed by atoms with Crippen LogP contribution in [0.5, 0.6) is 11.5 Å². The molecule has 28 heavy (non-hydrogen) atoms. The molecule has 2 aromatic carbocycles. The highest BCUT2D eigenvalue weighted by atomic mass is 16.5. The molecule has 0 saturated carbocycles. The molecule has 0 radical (unpaired) electrons. The average Bonchev–Trinajstić information content (AvgIpc) is 2.73. The molecule has 0 aliphatic carbocycles. The Hall–Kier alpha value is -3.54. The van der Waals surface area contributed by atoms with Gasteiger partial charge in [-0.1, -0.05) is 24.3 Å². The number of carbonyl (C=O) groups excluding carboxylic acids is 1. The molecule has 6 nitrogen and oxygen atoms in total. The molecule has 0 atom stereocenters. The molecular formula is C22H23N3O3. The first-order valence-corrected chi connectivity index (χ1v) is 8.88. The maximum Gasteiger partial charge on any atom is 0.255 e. The van der Waals surface area contributed by atoms with Crippen molar-refractivity contribution in [3.8, 4) is 11.5 Å². The summed E-state index contributed by atoms with van der Waals surface area (Å²) in [7, 11) is 3.09. The van der Waals surface area contributed by atoms with Gasteiger partial charge in [-0.3, -0.25) is 4.79 Å². The van der Waals surface area contributed by atoms with E-state index in [2.05, 4.69) is 34.7 Å². The molecule has 0 saturated heterocycles. The Morgan fingerprint density at radius 3 is 2.46 bits per heavy atom. The highest BCUT2D eigenvalue weighted by Crippen LogP contribution is 2.27. The van der Waals surface area contributed by atoms with Gasteiger partial charge >= 0.3 is 0 Å². The first kappa shape index (κ1) is 19.2. The maximum absolute atomic E-state index is 12.5. The molecule has 0 fully saturated rings. The predicted octanol–water partition coefficient (Wildman–Crippen LogP) is 4.27. The van der Waals surface area contributed by atoms with Crippen molar-refractivity contribution in [3.63, 3.8) is 0 Å². The number of methoxy groups -OCH3 is 2. The van der Waals surface area contributed by atoms with Crippen LogP contribution in [0.25, 0.3) is 0 Å². The van der Waals surface area contributed by atoms with E-state index in [1.165, 1.54) is 18.2 Å². The minimum Gasteiger partial charge on any atom is -0.493 e. The minimum atomic E-state index is -0.247. The fourth-order valence-electron chi connectivity index (χ4n) is 2.75. The number of hydrogen-bond donors (Lipinski definition) is 2. The quantitative estimate of drug-likeness (QED) is 0.643. The van der Waals surface area contributed by atoms with E-state index >= 15 is 0 Å². The van der Waals surface area contributed by atoms with Gasteiger partial charge in [0.05, 0.1) is 26.1 Å². The normalized spacial score (nSPS) is 10.2. The highest BCUT2D eigenvalue weighted by molar-refractivity contribution is 6.04. The van der Waals surface area contributed by atoms with Crippen LogP contribution in [0.2, 0.25) is 0 Å². The van der Waals surface area contributed by atoms with Gasteiger partial charge in [0.2, 0.25) is 0 Å². The maximum atomic E-state index is 12.5. The summed E-state index contributed by atoms with van der Waals surface area (Å²) in [5, 5.41) is 6.12. The van der Waals surface area contributed by atoms with Gasteiger partial charge < -0.3 is 20.1 Å². The number of benzene rings is 2. The van der Waals surface area contributed by atoms with Gasteiger partial charge in [-0.05, 0) is 48.4 Å². The SMILES string of the molecule is COc1ccc(C(=O)Nc2ccc(NCc3ccccc3C)nc2)cc1OC. The summed E-state index contributed by atoms with van der Waals surface area (Å²) in [6.07, 6.45) is 1.62. The van der Waals surface area contributed by atoms with E-state index in [0.29, 0.717) is 29.3 Å². The topological polar surface area (TPSA) is 72.5 Å². The number of carbonyl (C=O) groups is 1. The predicted molar refractivity (Wildman–Crippen MR) is 110 cm³/mol. The number of aromatic nitrogens is 1. The Bertz CT molecular complexity index is 955. The second kappa shape index (κ2) is 8.90. The molecule has 2 N–H and O–H groups in total. The zero-order chi connectivity index (χ0) is 19.9. The third-order valence-corrected chi connectivity index (χ3v) is 4.39. The van der Waals surface area contributed by atoms with E-state index in [0.717, 1.165) is 5.82 Å². The van der Waals surface area contributed by atoms with Gasteiger partial charge in [-0.25, -0.2) is 4.98 Å². The summed E-state index contributed by atoms with van der Waals surface area (Å²) in [5.74, 6) is 1.57. The Morgan fingerprint density at radius 1 is 1.00 bits per heavy atom. The second-order valence-corrected chi connectivity index (χ2v) is 6.24. The van der Waals surface area contributed by atoms with Crippen molar-refractivity contribution < 1.29 is 14.3 Å². The van der Waals surface area contributed by atoms with Crippen LogP contribution < -0.4 is 20.1 Å². The van der Waals surface area contributed by atoms with Crippen LogP contribution >= 0.6 is 0 Å². The number of amides is 1. The molecular weight excluding hydrogens is 354 g/mol. The van der Waals surface area contributed by atoms with Crippen LogP contribution in [0.4, 0.5) is 11.5 Å². The first-order valence-electron chi connectivity index (χ1n) is 8.88. The molecule has 0 spiro atoms. The third-order valence-electron chi connectivity index (χ3n) is 4.39. The number of pyridine rings is 1. The second-order valence-electron chi connectivity index (χ2n) is 6.24. The van der Waals surface area contributed by atoms with Crippen LogP contribution in [-0.2, 0) is 6.54 Å². The lowest BCUT2D eigenvalue weighted by molar-refractivity contribution is 0.102. The van der Waals surface area contributed by atoms with Crippen molar-refractivity contribution in [2.45, 2.75) is 13.5 Å². The Labute approximate surface area is 164 Å². The third kappa shape index (κ3) is 4.59. The summed E-state index contributed by atoms with van der Waals surface area (Å²) in [4.78, 5) is 16.8. The van der Waals surface area contributed by atoms with Crippen molar-refractivity contribution in [1.82, 2.24) is 4.98 Å². The van der Waals surface area contributed by atoms with Crippen LogP contribution in [0.1, 0.15) is 21.5 Å². The molecule has 0 unspecified atom stereocenters. The summed E-state index contributed by atoms with van der Waals surface area (Å²) in [5.41, 5.74) is 3.53. The minimum absolute atomic E-state index is 0.247. The number of nitrogens with one attached hydrogen (secondary N) is 2. The molecule has 0 aliphatic heterocycles. The number of nitrogens with zero attached hydrogens (tertiary/aromatic N) is 1. The Kier molecular flexibility index (Phi) is 6.11. The van der Waals surface area contributed by atoms with E-state index in [1.807, 2.05) is 24.3 Å². The molecule has 3 rings (SSSR count). The molecule has 0 aliphatic rings. The first-order chi connectivity index (χ1) is 13.6. The van der Waals surface area contributed by atoms with Gasteiger partial charge in [0, 0.05) is 12.1 Å². The standard InChI is InChI=1S/C22H23N3O3/c1-15-6-4-5-7-17(15)13-23-21-11-9-18(14-24-21)25-22(26)16-8-10-19(27-2)20(12-16)28-3/h4-12,14H,13H2,1-3H3,(H,23,24)(H,25,26). The Balaban J connectivity index is 1.62. The summed E-state index contributed by atoms with van der Waals surface area (Å²) in [6.45, 7) is 2.77. The molecule has 144 valence electrons. The van der Waals surface area contributed by atoms with Crippen molar-refractivity contribution in [2.75, 3.05) is 24.9 Å². The summed E-state index contributed by atoms with van der Waals surface area (Å²) in [6, 6.07) is 16.9. The number of aryl methyl sites for hydroxylation is 1. The molecule has 3 aromatic rings. The average molecular weight is 377 g/mol.